The lowest BCUT2D eigenvalue weighted by Crippen LogP contribution is -2.39. The highest BCUT2D eigenvalue weighted by Gasteiger charge is 2.29. The number of amides is 2. The summed E-state index contributed by atoms with van der Waals surface area (Å²) in [5.41, 5.74) is 1.76. The highest BCUT2D eigenvalue weighted by Crippen LogP contribution is 2.25. The number of carbonyl (C=O) groups excluding carboxylic acids is 2. The lowest BCUT2D eigenvalue weighted by Gasteiger charge is -2.24. The number of nitrogens with zero attached hydrogens (tertiary/aromatic N) is 2. The van der Waals surface area contributed by atoms with Gasteiger partial charge in [-0.1, -0.05) is 35.9 Å². The average Bonchev–Trinajstić information content (AvgIpc) is 3.19. The molecule has 0 saturated heterocycles. The first-order chi connectivity index (χ1) is 13.8. The van der Waals surface area contributed by atoms with Crippen molar-refractivity contribution in [1.82, 2.24) is 15.1 Å². The van der Waals surface area contributed by atoms with Gasteiger partial charge in [0.15, 0.2) is 0 Å². The summed E-state index contributed by atoms with van der Waals surface area (Å²) in [6.07, 6.45) is 3.36. The van der Waals surface area contributed by atoms with Crippen LogP contribution in [0.25, 0.3) is 0 Å². The minimum absolute atomic E-state index is 0.0899. The summed E-state index contributed by atoms with van der Waals surface area (Å²) in [5, 5.41) is 10.5. The lowest BCUT2D eigenvalue weighted by molar-refractivity contribution is -0.125. The summed E-state index contributed by atoms with van der Waals surface area (Å²) in [5.74, 6) is -0.258. The van der Waals surface area contributed by atoms with Crippen molar-refractivity contribution in [1.29, 1.82) is 0 Å². The van der Waals surface area contributed by atoms with E-state index >= 15 is 0 Å². The Labute approximate surface area is 174 Å². The Morgan fingerprint density at radius 2 is 1.86 bits per heavy atom. The van der Waals surface area contributed by atoms with Gasteiger partial charge < -0.3 is 10.6 Å². The Hall–Kier alpha value is -3.12. The monoisotopic (exact) mass is 410 g/mol. The third-order valence-corrected chi connectivity index (χ3v) is 4.91. The van der Waals surface area contributed by atoms with Crippen molar-refractivity contribution in [3.8, 4) is 0 Å². The van der Waals surface area contributed by atoms with Crippen molar-refractivity contribution in [2.45, 2.75) is 32.4 Å². The number of rotatable bonds is 7. The van der Waals surface area contributed by atoms with Crippen LogP contribution in [0.15, 0.2) is 67.0 Å². The first-order valence-corrected chi connectivity index (χ1v) is 9.63. The molecule has 7 heteroatoms. The fourth-order valence-corrected chi connectivity index (χ4v) is 3.03. The van der Waals surface area contributed by atoms with Crippen molar-refractivity contribution in [2.75, 3.05) is 5.32 Å². The Morgan fingerprint density at radius 3 is 2.55 bits per heavy atom. The second-order valence-corrected chi connectivity index (χ2v) is 7.70. The molecule has 2 amide bonds. The highest BCUT2D eigenvalue weighted by atomic mass is 35.5. The largest absolute Gasteiger partial charge is 0.351 e. The molecule has 0 fully saturated rings. The maximum absolute atomic E-state index is 12.7. The van der Waals surface area contributed by atoms with Crippen molar-refractivity contribution in [2.24, 2.45) is 0 Å². The average molecular weight is 411 g/mol. The molecule has 0 aliphatic heterocycles. The second-order valence-electron chi connectivity index (χ2n) is 7.27. The van der Waals surface area contributed by atoms with E-state index in [1.54, 1.807) is 35.3 Å². The van der Waals surface area contributed by atoms with Gasteiger partial charge in [0.25, 0.3) is 0 Å². The van der Waals surface area contributed by atoms with Crippen LogP contribution in [0.5, 0.6) is 0 Å². The lowest BCUT2D eigenvalue weighted by atomic mass is 9.83. The van der Waals surface area contributed by atoms with E-state index in [4.69, 9.17) is 11.6 Å². The molecule has 1 aromatic heterocycles. The third kappa shape index (κ3) is 5.45. The molecule has 0 saturated carbocycles. The molecular weight excluding hydrogens is 388 g/mol. The van der Waals surface area contributed by atoms with Gasteiger partial charge in [-0.05, 0) is 55.3 Å². The van der Waals surface area contributed by atoms with Crippen LogP contribution in [-0.4, -0.2) is 21.6 Å². The summed E-state index contributed by atoms with van der Waals surface area (Å²) in [4.78, 5) is 24.9. The topological polar surface area (TPSA) is 76.0 Å². The Morgan fingerprint density at radius 1 is 1.10 bits per heavy atom. The maximum atomic E-state index is 12.7. The van der Waals surface area contributed by atoms with E-state index in [9.17, 15) is 9.59 Å². The molecule has 0 atom stereocenters. The second kappa shape index (κ2) is 8.92. The summed E-state index contributed by atoms with van der Waals surface area (Å²) >= 11 is 5.94. The zero-order valence-electron chi connectivity index (χ0n) is 16.4. The van der Waals surface area contributed by atoms with Gasteiger partial charge in [-0.25, -0.2) is 0 Å². The molecule has 0 unspecified atom stereocenters. The van der Waals surface area contributed by atoms with E-state index in [2.05, 4.69) is 15.7 Å². The van der Waals surface area contributed by atoms with Crippen LogP contribution in [0.3, 0.4) is 0 Å². The highest BCUT2D eigenvalue weighted by molar-refractivity contribution is 6.30. The summed E-state index contributed by atoms with van der Waals surface area (Å²) in [7, 11) is 0. The first kappa shape index (κ1) is 20.6. The van der Waals surface area contributed by atoms with E-state index in [0.717, 1.165) is 11.1 Å². The Balaban J connectivity index is 1.59. The molecule has 0 bridgehead atoms. The van der Waals surface area contributed by atoms with Crippen LogP contribution in [0.1, 0.15) is 25.0 Å². The SMILES string of the molecule is CC(C)(C(=O)NCc1cccc(NC(=O)Cn2cccn2)c1)c1ccc(Cl)cc1. The predicted octanol–water partition coefficient (Wildman–Crippen LogP) is 3.77. The number of nitrogens with one attached hydrogen (secondary N) is 2. The van der Waals surface area contributed by atoms with Gasteiger partial charge in [-0.15, -0.1) is 0 Å². The van der Waals surface area contributed by atoms with Gasteiger partial charge in [0.2, 0.25) is 11.8 Å². The predicted molar refractivity (Wildman–Crippen MR) is 114 cm³/mol. The minimum atomic E-state index is -0.694. The third-order valence-electron chi connectivity index (χ3n) is 4.66. The smallest absolute Gasteiger partial charge is 0.246 e. The molecule has 0 aliphatic rings. The van der Waals surface area contributed by atoms with Crippen LogP contribution in [0, 0.1) is 0 Å². The van der Waals surface area contributed by atoms with Crippen LogP contribution in [0.4, 0.5) is 5.69 Å². The zero-order chi connectivity index (χ0) is 20.9. The number of hydrogen-bond acceptors (Lipinski definition) is 3. The summed E-state index contributed by atoms with van der Waals surface area (Å²) < 4.78 is 1.55. The van der Waals surface area contributed by atoms with Crippen LogP contribution in [0.2, 0.25) is 5.02 Å². The molecule has 1 heterocycles. The van der Waals surface area contributed by atoms with E-state index in [1.165, 1.54) is 0 Å². The van der Waals surface area contributed by atoms with Crippen LogP contribution >= 0.6 is 11.6 Å². The number of anilines is 1. The molecule has 150 valence electrons. The molecule has 2 aromatic carbocycles. The Bertz CT molecular complexity index is 982. The summed E-state index contributed by atoms with van der Waals surface area (Å²) in [6, 6.07) is 16.4. The quantitative estimate of drug-likeness (QED) is 0.622. The van der Waals surface area contributed by atoms with E-state index < -0.39 is 5.41 Å². The first-order valence-electron chi connectivity index (χ1n) is 9.25. The molecule has 29 heavy (non-hydrogen) atoms. The standard InChI is InChI=1S/C22H23ClN4O2/c1-22(2,17-7-9-18(23)10-8-17)21(29)24-14-16-5-3-6-19(13-16)26-20(28)15-27-12-4-11-25-27/h3-13H,14-15H2,1-2H3,(H,24,29)(H,26,28). The van der Waals surface area contributed by atoms with Crippen molar-refractivity contribution in [3.05, 3.63) is 83.1 Å². The van der Waals surface area contributed by atoms with Gasteiger partial charge >= 0.3 is 0 Å². The number of carbonyl (C=O) groups is 2. The number of aromatic nitrogens is 2. The maximum Gasteiger partial charge on any atom is 0.246 e. The fourth-order valence-electron chi connectivity index (χ4n) is 2.90. The number of hydrogen-bond donors (Lipinski definition) is 2. The minimum Gasteiger partial charge on any atom is -0.351 e. The molecular formula is C22H23ClN4O2. The van der Waals surface area contributed by atoms with Crippen LogP contribution in [-0.2, 0) is 28.1 Å². The van der Waals surface area contributed by atoms with E-state index in [0.29, 0.717) is 17.3 Å². The Kier molecular flexibility index (Phi) is 6.34. The van der Waals surface area contributed by atoms with Crippen LogP contribution < -0.4 is 10.6 Å². The van der Waals surface area contributed by atoms with Gasteiger partial charge in [0, 0.05) is 29.6 Å². The fraction of sp³-hybridized carbons (Fsp3) is 0.227. The molecule has 0 spiro atoms. The number of halogens is 1. The van der Waals surface area contributed by atoms with Gasteiger partial charge in [-0.2, -0.15) is 5.10 Å². The number of benzene rings is 2. The normalized spacial score (nSPS) is 11.1. The zero-order valence-corrected chi connectivity index (χ0v) is 17.1. The van der Waals surface area contributed by atoms with E-state index in [1.807, 2.05) is 50.2 Å². The summed E-state index contributed by atoms with van der Waals surface area (Å²) in [6.45, 7) is 4.25. The van der Waals surface area contributed by atoms with E-state index in [-0.39, 0.29) is 18.4 Å². The molecule has 0 radical (unpaired) electrons. The van der Waals surface area contributed by atoms with Crippen molar-refractivity contribution < 1.29 is 9.59 Å². The van der Waals surface area contributed by atoms with Crippen molar-refractivity contribution >= 4 is 29.1 Å². The van der Waals surface area contributed by atoms with Gasteiger partial charge in [0.1, 0.15) is 6.54 Å². The molecule has 3 rings (SSSR count). The molecule has 6 nitrogen and oxygen atoms in total. The van der Waals surface area contributed by atoms with Gasteiger partial charge in [0.05, 0.1) is 5.41 Å². The molecule has 2 N–H and O–H groups in total. The molecule has 0 aliphatic carbocycles. The van der Waals surface area contributed by atoms with Gasteiger partial charge in [-0.3, -0.25) is 14.3 Å². The van der Waals surface area contributed by atoms with Crippen molar-refractivity contribution in [3.63, 3.8) is 0 Å². The molecule has 3 aromatic rings.